The van der Waals surface area contributed by atoms with Gasteiger partial charge in [-0.3, -0.25) is 4.79 Å². The Morgan fingerprint density at radius 3 is 2.60 bits per heavy atom. The lowest BCUT2D eigenvalue weighted by molar-refractivity contribution is 0.102. The molecule has 0 aromatic heterocycles. The maximum absolute atomic E-state index is 12.1. The minimum Gasteiger partial charge on any atom is -0.321 e. The van der Waals surface area contributed by atoms with Gasteiger partial charge < -0.3 is 5.32 Å². The van der Waals surface area contributed by atoms with E-state index in [2.05, 4.69) is 37.2 Å². The third-order valence-electron chi connectivity index (χ3n) is 2.53. The highest BCUT2D eigenvalue weighted by molar-refractivity contribution is 9.10. The fraction of sp³-hybridized carbons (Fsp3) is 0. The first-order valence-corrected chi connectivity index (χ1v) is 7.43. The van der Waals surface area contributed by atoms with Crippen LogP contribution in [0.1, 0.15) is 15.9 Å². The average Bonchev–Trinajstić information content (AvgIpc) is 2.43. The SMILES string of the molecule is N#Cc1cc(Br)ccc1NC(=O)c1ccc(Cl)c(Br)c1. The molecule has 1 N–H and O–H groups in total. The van der Waals surface area contributed by atoms with Crippen LogP contribution in [0.3, 0.4) is 0 Å². The number of rotatable bonds is 2. The first-order chi connectivity index (χ1) is 9.51. The summed E-state index contributed by atoms with van der Waals surface area (Å²) in [5, 5.41) is 12.3. The molecule has 20 heavy (non-hydrogen) atoms. The van der Waals surface area contributed by atoms with Gasteiger partial charge in [0.15, 0.2) is 0 Å². The first-order valence-electron chi connectivity index (χ1n) is 5.47. The number of anilines is 1. The Morgan fingerprint density at radius 2 is 1.95 bits per heavy atom. The van der Waals surface area contributed by atoms with Crippen LogP contribution in [0.2, 0.25) is 5.02 Å². The molecule has 2 rings (SSSR count). The second kappa shape index (κ2) is 6.40. The Labute approximate surface area is 137 Å². The fourth-order valence-electron chi connectivity index (χ4n) is 1.55. The van der Waals surface area contributed by atoms with Crippen LogP contribution < -0.4 is 5.32 Å². The van der Waals surface area contributed by atoms with Crippen LogP contribution in [0, 0.1) is 11.3 Å². The number of amides is 1. The topological polar surface area (TPSA) is 52.9 Å². The number of halogens is 3. The van der Waals surface area contributed by atoms with E-state index in [0.29, 0.717) is 26.3 Å². The molecule has 2 aromatic carbocycles. The normalized spacial score (nSPS) is 9.90. The summed E-state index contributed by atoms with van der Waals surface area (Å²) in [7, 11) is 0. The molecule has 0 radical (unpaired) electrons. The molecule has 2 aromatic rings. The van der Waals surface area contributed by atoms with Crippen molar-refractivity contribution in [2.75, 3.05) is 5.32 Å². The van der Waals surface area contributed by atoms with Gasteiger partial charge in [0.2, 0.25) is 0 Å². The van der Waals surface area contributed by atoms with Gasteiger partial charge in [0.25, 0.3) is 5.91 Å². The number of carbonyl (C=O) groups excluding carboxylic acids is 1. The third kappa shape index (κ3) is 3.40. The summed E-state index contributed by atoms with van der Waals surface area (Å²) in [6, 6.07) is 12.0. The van der Waals surface area contributed by atoms with Gasteiger partial charge >= 0.3 is 0 Å². The standard InChI is InChI=1S/C14H7Br2ClN2O/c15-10-2-4-13(9(5-10)7-18)19-14(20)8-1-3-12(17)11(16)6-8/h1-6H,(H,19,20). The molecule has 0 saturated carbocycles. The lowest BCUT2D eigenvalue weighted by atomic mass is 10.1. The van der Waals surface area contributed by atoms with Crippen molar-refractivity contribution in [3.05, 3.63) is 61.5 Å². The fourth-order valence-corrected chi connectivity index (χ4v) is 2.41. The van der Waals surface area contributed by atoms with Gasteiger partial charge in [-0.25, -0.2) is 0 Å². The minimum absolute atomic E-state index is 0.304. The van der Waals surface area contributed by atoms with E-state index >= 15 is 0 Å². The summed E-state index contributed by atoms with van der Waals surface area (Å²) >= 11 is 12.4. The number of nitrogens with one attached hydrogen (secondary N) is 1. The highest BCUT2D eigenvalue weighted by atomic mass is 79.9. The summed E-state index contributed by atoms with van der Waals surface area (Å²) in [4.78, 5) is 12.1. The molecule has 3 nitrogen and oxygen atoms in total. The minimum atomic E-state index is -0.304. The Balaban J connectivity index is 2.28. The van der Waals surface area contributed by atoms with E-state index in [1.807, 2.05) is 6.07 Å². The van der Waals surface area contributed by atoms with Gasteiger partial charge in [-0.2, -0.15) is 5.26 Å². The van der Waals surface area contributed by atoms with E-state index in [4.69, 9.17) is 16.9 Å². The Kier molecular flexibility index (Phi) is 4.81. The number of hydrogen-bond donors (Lipinski definition) is 1. The van der Waals surface area contributed by atoms with E-state index in [0.717, 1.165) is 4.47 Å². The molecule has 0 atom stereocenters. The second-order valence-electron chi connectivity index (χ2n) is 3.88. The van der Waals surface area contributed by atoms with E-state index in [1.54, 1.807) is 36.4 Å². The number of benzene rings is 2. The highest BCUT2D eigenvalue weighted by Crippen LogP contribution is 2.25. The zero-order chi connectivity index (χ0) is 14.7. The van der Waals surface area contributed by atoms with E-state index in [9.17, 15) is 4.79 Å². The Morgan fingerprint density at radius 1 is 1.20 bits per heavy atom. The van der Waals surface area contributed by atoms with E-state index in [-0.39, 0.29) is 5.91 Å². The van der Waals surface area contributed by atoms with Gasteiger partial charge in [-0.15, -0.1) is 0 Å². The lowest BCUT2D eigenvalue weighted by Crippen LogP contribution is -2.12. The van der Waals surface area contributed by atoms with Crippen LogP contribution in [-0.2, 0) is 0 Å². The molecular formula is C14H7Br2ClN2O. The van der Waals surface area contributed by atoms with Crippen molar-refractivity contribution < 1.29 is 4.79 Å². The molecule has 0 bridgehead atoms. The van der Waals surface area contributed by atoms with Crippen molar-refractivity contribution in [3.8, 4) is 6.07 Å². The third-order valence-corrected chi connectivity index (χ3v) is 4.24. The van der Waals surface area contributed by atoms with Gasteiger partial charge in [0.05, 0.1) is 16.3 Å². The van der Waals surface area contributed by atoms with E-state index in [1.165, 1.54) is 0 Å². The zero-order valence-corrected chi connectivity index (χ0v) is 13.9. The predicted octanol–water partition coefficient (Wildman–Crippen LogP) is 4.99. The molecule has 6 heteroatoms. The average molecular weight is 414 g/mol. The summed E-state index contributed by atoms with van der Waals surface area (Å²) in [6.07, 6.45) is 0. The van der Waals surface area contributed by atoms with Gasteiger partial charge in [-0.05, 0) is 52.3 Å². The summed E-state index contributed by atoms with van der Waals surface area (Å²) < 4.78 is 1.42. The van der Waals surface area contributed by atoms with Gasteiger partial charge in [0.1, 0.15) is 6.07 Å². The lowest BCUT2D eigenvalue weighted by Gasteiger charge is -2.08. The van der Waals surface area contributed by atoms with Crippen LogP contribution in [0.25, 0.3) is 0 Å². The maximum atomic E-state index is 12.1. The number of carbonyl (C=O) groups is 1. The maximum Gasteiger partial charge on any atom is 0.255 e. The quantitative estimate of drug-likeness (QED) is 0.753. The summed E-state index contributed by atoms with van der Waals surface area (Å²) in [5.74, 6) is -0.304. The van der Waals surface area contributed by atoms with Crippen molar-refractivity contribution in [3.63, 3.8) is 0 Å². The molecule has 1 amide bonds. The van der Waals surface area contributed by atoms with Crippen LogP contribution in [0.5, 0.6) is 0 Å². The molecule has 0 fully saturated rings. The van der Waals surface area contributed by atoms with Gasteiger partial charge in [0, 0.05) is 14.5 Å². The molecule has 0 heterocycles. The molecule has 0 spiro atoms. The monoisotopic (exact) mass is 412 g/mol. The molecule has 0 aliphatic rings. The second-order valence-corrected chi connectivity index (χ2v) is 6.06. The van der Waals surface area contributed by atoms with Crippen LogP contribution in [0.15, 0.2) is 45.3 Å². The zero-order valence-electron chi connectivity index (χ0n) is 9.95. The molecule has 0 saturated heterocycles. The van der Waals surface area contributed by atoms with Crippen molar-refractivity contribution in [2.24, 2.45) is 0 Å². The van der Waals surface area contributed by atoms with Crippen LogP contribution >= 0.6 is 43.5 Å². The number of nitriles is 1. The highest BCUT2D eigenvalue weighted by Gasteiger charge is 2.11. The smallest absolute Gasteiger partial charge is 0.255 e. The molecular weight excluding hydrogens is 407 g/mol. The predicted molar refractivity (Wildman–Crippen MR) is 86.0 cm³/mol. The molecule has 100 valence electrons. The summed E-state index contributed by atoms with van der Waals surface area (Å²) in [6.45, 7) is 0. The Hall–Kier alpha value is -1.35. The van der Waals surface area contributed by atoms with Crippen molar-refractivity contribution in [1.29, 1.82) is 5.26 Å². The molecule has 0 unspecified atom stereocenters. The largest absolute Gasteiger partial charge is 0.321 e. The number of nitrogens with zero attached hydrogens (tertiary/aromatic N) is 1. The molecule has 0 aliphatic carbocycles. The summed E-state index contributed by atoms with van der Waals surface area (Å²) in [5.41, 5.74) is 1.31. The van der Waals surface area contributed by atoms with E-state index < -0.39 is 0 Å². The Bertz CT molecular complexity index is 726. The van der Waals surface area contributed by atoms with Crippen molar-refractivity contribution in [1.82, 2.24) is 0 Å². The van der Waals surface area contributed by atoms with Crippen LogP contribution in [-0.4, -0.2) is 5.91 Å². The first kappa shape index (κ1) is 15.0. The molecule has 0 aliphatic heterocycles. The van der Waals surface area contributed by atoms with Crippen molar-refractivity contribution in [2.45, 2.75) is 0 Å². The van der Waals surface area contributed by atoms with Gasteiger partial charge in [-0.1, -0.05) is 27.5 Å². The number of hydrogen-bond acceptors (Lipinski definition) is 2. The van der Waals surface area contributed by atoms with Crippen LogP contribution in [0.4, 0.5) is 5.69 Å². The van der Waals surface area contributed by atoms with Crippen molar-refractivity contribution >= 4 is 55.1 Å².